The van der Waals surface area contributed by atoms with E-state index in [0.29, 0.717) is 18.3 Å². The van der Waals surface area contributed by atoms with Crippen molar-refractivity contribution in [2.45, 2.75) is 37.8 Å². The number of carbonyl (C=O) groups is 1. The molecule has 11 heteroatoms. The maximum Gasteiger partial charge on any atom is 0.281 e. The molecule has 0 bridgehead atoms. The van der Waals surface area contributed by atoms with E-state index in [1.807, 2.05) is 23.5 Å². The zero-order valence-corrected chi connectivity index (χ0v) is 20.2. The zero-order chi connectivity index (χ0) is 25.4. The van der Waals surface area contributed by atoms with Gasteiger partial charge in [0.2, 0.25) is 0 Å². The Balaban J connectivity index is 0.00000361. The third-order valence-electron chi connectivity index (χ3n) is 5.80. The summed E-state index contributed by atoms with van der Waals surface area (Å²) in [5, 5.41) is 1.95. The molecule has 0 saturated carbocycles. The fourth-order valence-electron chi connectivity index (χ4n) is 4.36. The average Bonchev–Trinajstić information content (AvgIpc) is 3.08. The Bertz CT molecular complexity index is 1370. The molecular formula is C24H27F2N5O3S. The molecule has 1 aliphatic heterocycles. The number of amides is 1. The van der Waals surface area contributed by atoms with Crippen LogP contribution in [0.15, 0.2) is 59.8 Å². The number of carbonyl (C=O) groups excluding carboxylic acids is 1. The number of rotatable bonds is 6. The van der Waals surface area contributed by atoms with Crippen LogP contribution in [-0.4, -0.2) is 36.4 Å². The molecule has 1 atom stereocenters. The molecule has 3 aromatic rings. The Labute approximate surface area is 203 Å². The lowest BCUT2D eigenvalue weighted by Crippen LogP contribution is -2.41. The van der Waals surface area contributed by atoms with E-state index in [9.17, 15) is 22.0 Å². The molecule has 1 saturated heterocycles. The van der Waals surface area contributed by atoms with E-state index in [1.54, 1.807) is 12.3 Å². The van der Waals surface area contributed by atoms with Gasteiger partial charge in [0.05, 0.1) is 5.56 Å². The van der Waals surface area contributed by atoms with Gasteiger partial charge in [0.1, 0.15) is 29.0 Å². The number of para-hydroxylation sites is 1. The van der Waals surface area contributed by atoms with Crippen molar-refractivity contribution in [3.63, 3.8) is 0 Å². The van der Waals surface area contributed by atoms with Crippen LogP contribution in [-0.2, 0) is 10.0 Å². The van der Waals surface area contributed by atoms with Gasteiger partial charge in [-0.3, -0.25) is 4.79 Å². The van der Waals surface area contributed by atoms with Crippen LogP contribution in [0, 0.1) is 17.6 Å². The molecule has 1 unspecified atom stereocenters. The number of nitrogens with zero attached hydrogens (tertiary/aromatic N) is 3. The summed E-state index contributed by atoms with van der Waals surface area (Å²) in [5.74, 6) is -1.92. The molecular weight excluding hydrogens is 476 g/mol. The summed E-state index contributed by atoms with van der Waals surface area (Å²) < 4.78 is 55.9. The molecule has 0 spiro atoms. The predicted octanol–water partition coefficient (Wildman–Crippen LogP) is 4.49. The van der Waals surface area contributed by atoms with Crippen LogP contribution in [0.1, 0.15) is 39.0 Å². The number of pyridine rings is 2. The van der Waals surface area contributed by atoms with E-state index in [2.05, 4.69) is 22.2 Å². The molecule has 35 heavy (non-hydrogen) atoms. The number of halogens is 2. The van der Waals surface area contributed by atoms with Crippen molar-refractivity contribution < 1.29 is 23.4 Å². The topological polar surface area (TPSA) is 104 Å². The molecule has 2 N–H and O–H groups in total. The summed E-state index contributed by atoms with van der Waals surface area (Å²) in [6.07, 6.45) is 2.45. The minimum absolute atomic E-state index is 0. The van der Waals surface area contributed by atoms with Crippen molar-refractivity contribution >= 4 is 33.3 Å². The summed E-state index contributed by atoms with van der Waals surface area (Å²) in [7, 11) is -4.41. The van der Waals surface area contributed by atoms with Crippen LogP contribution in [0.5, 0.6) is 0 Å². The Morgan fingerprint density at radius 3 is 2.46 bits per heavy atom. The summed E-state index contributed by atoms with van der Waals surface area (Å²) >= 11 is 0. The first-order valence-electron chi connectivity index (χ1n) is 11.0. The fourth-order valence-corrected chi connectivity index (χ4v) is 5.29. The third-order valence-corrected chi connectivity index (χ3v) is 7.03. The number of hydrogen-bond donors (Lipinski definition) is 2. The SMILES string of the molecule is CC1CN(c2ncccc2C(=O)NS(=O)(=O)c2cccc(Nc3c(F)cccc3F)n2)C(C)(C)C1.[HH]. The smallest absolute Gasteiger partial charge is 0.281 e. The number of aromatic nitrogens is 2. The van der Waals surface area contributed by atoms with Gasteiger partial charge < -0.3 is 10.2 Å². The van der Waals surface area contributed by atoms with Gasteiger partial charge in [-0.2, -0.15) is 8.42 Å². The summed E-state index contributed by atoms with van der Waals surface area (Å²) in [4.78, 5) is 23.4. The van der Waals surface area contributed by atoms with Crippen LogP contribution in [0.25, 0.3) is 0 Å². The number of nitrogens with one attached hydrogen (secondary N) is 2. The summed E-state index contributed by atoms with van der Waals surface area (Å²) in [5.41, 5.74) is -0.618. The maximum absolute atomic E-state index is 14.0. The van der Waals surface area contributed by atoms with Crippen molar-refractivity contribution in [2.75, 3.05) is 16.8 Å². The summed E-state index contributed by atoms with van der Waals surface area (Å²) in [6.45, 7) is 6.88. The second-order valence-electron chi connectivity index (χ2n) is 9.12. The van der Waals surface area contributed by atoms with Gasteiger partial charge in [0, 0.05) is 19.7 Å². The van der Waals surface area contributed by atoms with Crippen molar-refractivity contribution in [3.8, 4) is 0 Å². The molecule has 186 valence electrons. The van der Waals surface area contributed by atoms with Gasteiger partial charge in [-0.25, -0.2) is 23.5 Å². The highest BCUT2D eigenvalue weighted by atomic mass is 32.2. The quantitative estimate of drug-likeness (QED) is 0.511. The molecule has 1 aliphatic rings. The van der Waals surface area contributed by atoms with Crippen LogP contribution < -0.4 is 14.9 Å². The lowest BCUT2D eigenvalue weighted by Gasteiger charge is -2.33. The van der Waals surface area contributed by atoms with Crippen molar-refractivity contribution in [2.24, 2.45) is 5.92 Å². The molecule has 4 rings (SSSR count). The van der Waals surface area contributed by atoms with Gasteiger partial charge in [-0.05, 0) is 62.6 Å². The zero-order valence-electron chi connectivity index (χ0n) is 19.4. The predicted molar refractivity (Wildman–Crippen MR) is 130 cm³/mol. The van der Waals surface area contributed by atoms with Crippen molar-refractivity contribution in [1.29, 1.82) is 0 Å². The number of benzene rings is 1. The Morgan fingerprint density at radius 1 is 1.11 bits per heavy atom. The fraction of sp³-hybridized carbons (Fsp3) is 0.292. The average molecular weight is 504 g/mol. The second kappa shape index (κ2) is 9.21. The van der Waals surface area contributed by atoms with Gasteiger partial charge >= 0.3 is 0 Å². The van der Waals surface area contributed by atoms with Crippen LogP contribution in [0.4, 0.5) is 26.1 Å². The highest BCUT2D eigenvalue weighted by Gasteiger charge is 2.39. The third kappa shape index (κ3) is 5.09. The minimum atomic E-state index is -4.41. The monoisotopic (exact) mass is 503 g/mol. The van der Waals surface area contributed by atoms with Gasteiger partial charge in [-0.15, -0.1) is 0 Å². The maximum atomic E-state index is 14.0. The van der Waals surface area contributed by atoms with Crippen LogP contribution in [0.2, 0.25) is 0 Å². The first kappa shape index (κ1) is 24.5. The van der Waals surface area contributed by atoms with E-state index in [4.69, 9.17) is 0 Å². The van der Waals surface area contributed by atoms with E-state index in [-0.39, 0.29) is 18.3 Å². The molecule has 0 aliphatic carbocycles. The minimum Gasteiger partial charge on any atom is -0.351 e. The molecule has 3 heterocycles. The number of anilines is 3. The van der Waals surface area contributed by atoms with Crippen LogP contribution >= 0.6 is 0 Å². The summed E-state index contributed by atoms with van der Waals surface area (Å²) in [6, 6.07) is 10.3. The molecule has 8 nitrogen and oxygen atoms in total. The highest BCUT2D eigenvalue weighted by molar-refractivity contribution is 7.90. The highest BCUT2D eigenvalue weighted by Crippen LogP contribution is 2.37. The van der Waals surface area contributed by atoms with Crippen molar-refractivity contribution in [1.82, 2.24) is 14.7 Å². The molecule has 0 radical (unpaired) electrons. The first-order chi connectivity index (χ1) is 16.5. The van der Waals surface area contributed by atoms with Gasteiger partial charge in [-0.1, -0.05) is 19.1 Å². The first-order valence-corrected chi connectivity index (χ1v) is 12.4. The largest absolute Gasteiger partial charge is 0.351 e. The van der Waals surface area contributed by atoms with E-state index >= 15 is 0 Å². The Morgan fingerprint density at radius 2 is 1.80 bits per heavy atom. The molecule has 1 fully saturated rings. The Hall–Kier alpha value is -3.60. The number of hydrogen-bond acceptors (Lipinski definition) is 7. The lowest BCUT2D eigenvalue weighted by atomic mass is 9.97. The lowest BCUT2D eigenvalue weighted by molar-refractivity contribution is 0.0981. The van der Waals surface area contributed by atoms with Gasteiger partial charge in [0.15, 0.2) is 5.03 Å². The van der Waals surface area contributed by atoms with Crippen LogP contribution in [0.3, 0.4) is 0 Å². The molecule has 1 amide bonds. The number of sulfonamides is 1. The Kier molecular flexibility index (Phi) is 6.46. The van der Waals surface area contributed by atoms with Gasteiger partial charge in [0.25, 0.3) is 15.9 Å². The molecule has 2 aromatic heterocycles. The second-order valence-corrected chi connectivity index (χ2v) is 10.8. The molecule has 1 aromatic carbocycles. The van der Waals surface area contributed by atoms with Crippen molar-refractivity contribution in [3.05, 3.63) is 71.9 Å². The van der Waals surface area contributed by atoms with E-state index in [1.165, 1.54) is 30.3 Å². The normalized spacial score (nSPS) is 17.3. The van der Waals surface area contributed by atoms with E-state index < -0.39 is 38.3 Å². The van der Waals surface area contributed by atoms with E-state index in [0.717, 1.165) is 18.6 Å². The standard InChI is InChI=1S/C24H25F2N5O3S.H2/c1-15-13-24(2,3)31(14-15)22-16(7-6-12-27-22)23(32)30-35(33,34)20-11-5-10-19(28-20)29-21-17(25)8-4-9-18(21)26;/h4-12,15H,13-14H2,1-3H3,(H,28,29)(H,30,32);1H.